The van der Waals surface area contributed by atoms with E-state index in [0.29, 0.717) is 35.4 Å². The Morgan fingerprint density at radius 2 is 1.96 bits per heavy atom. The number of aliphatic hydroxyl groups is 1. The Morgan fingerprint density at radius 1 is 1.22 bits per heavy atom. The lowest BCUT2D eigenvalue weighted by Crippen LogP contribution is -2.34. The molecule has 1 unspecified atom stereocenters. The molecule has 1 atom stereocenters. The van der Waals surface area contributed by atoms with Gasteiger partial charge in [-0.2, -0.15) is 0 Å². The second-order valence-electron chi connectivity index (χ2n) is 5.56. The van der Waals surface area contributed by atoms with Gasteiger partial charge in [-0.15, -0.1) is 0 Å². The zero-order valence-corrected chi connectivity index (χ0v) is 14.5. The van der Waals surface area contributed by atoms with Gasteiger partial charge in [0.25, 0.3) is 0 Å². The van der Waals surface area contributed by atoms with E-state index >= 15 is 0 Å². The van der Waals surface area contributed by atoms with Crippen molar-refractivity contribution in [2.75, 3.05) is 20.8 Å². The number of furan rings is 1. The average molecular weight is 340 g/mol. The maximum absolute atomic E-state index is 10.5. The number of hydrogen-bond donors (Lipinski definition) is 2. The zero-order valence-electron chi connectivity index (χ0n) is 13.8. The lowest BCUT2D eigenvalue weighted by molar-refractivity contribution is 0.0332. The molecule has 1 aromatic heterocycles. The van der Waals surface area contributed by atoms with E-state index in [4.69, 9.17) is 25.5 Å². The molecule has 0 aliphatic carbocycles. The van der Waals surface area contributed by atoms with Crippen LogP contribution in [-0.4, -0.2) is 25.9 Å². The lowest BCUT2D eigenvalue weighted by atomic mass is 10.0. The van der Waals surface area contributed by atoms with Crippen molar-refractivity contribution in [2.45, 2.75) is 26.0 Å². The Morgan fingerprint density at radius 3 is 2.52 bits per heavy atom. The summed E-state index contributed by atoms with van der Waals surface area (Å²) in [5.41, 5.74) is -0.243. The zero-order chi connectivity index (χ0) is 17.0. The second-order valence-corrected chi connectivity index (χ2v) is 5.94. The summed E-state index contributed by atoms with van der Waals surface area (Å²) in [7, 11) is 3.11. The van der Waals surface area contributed by atoms with Gasteiger partial charge < -0.3 is 24.3 Å². The third-order valence-electron chi connectivity index (χ3n) is 3.62. The summed E-state index contributed by atoms with van der Waals surface area (Å²) in [6, 6.07) is 7.27. The van der Waals surface area contributed by atoms with Gasteiger partial charge in [0.05, 0.1) is 19.2 Å². The van der Waals surface area contributed by atoms with Crippen molar-refractivity contribution in [3.05, 3.63) is 46.4 Å². The van der Waals surface area contributed by atoms with Crippen LogP contribution in [0.2, 0.25) is 5.02 Å². The van der Waals surface area contributed by atoms with Crippen LogP contribution in [0.1, 0.15) is 24.0 Å². The van der Waals surface area contributed by atoms with E-state index in [9.17, 15) is 5.11 Å². The van der Waals surface area contributed by atoms with Crippen LogP contribution in [0, 0.1) is 6.92 Å². The first kappa shape index (κ1) is 17.7. The minimum absolute atomic E-state index is 0.324. The molecule has 0 bridgehead atoms. The number of methoxy groups -OCH3 is 2. The van der Waals surface area contributed by atoms with Crippen molar-refractivity contribution in [2.24, 2.45) is 0 Å². The number of hydrogen-bond acceptors (Lipinski definition) is 5. The van der Waals surface area contributed by atoms with E-state index in [1.807, 2.05) is 19.1 Å². The van der Waals surface area contributed by atoms with Gasteiger partial charge in [0.2, 0.25) is 0 Å². The molecule has 23 heavy (non-hydrogen) atoms. The van der Waals surface area contributed by atoms with Crippen LogP contribution in [0.4, 0.5) is 0 Å². The standard InChI is InChI=1S/C17H22ClNO4/c1-11-5-8-14(23-11)17(2,20)10-19-9-12-6-7-13(21-3)16(22-4)15(12)18/h5-8,19-20H,9-10H2,1-4H3. The fraction of sp³-hybridized carbons (Fsp3) is 0.412. The van der Waals surface area contributed by atoms with Gasteiger partial charge >= 0.3 is 0 Å². The Bertz CT molecular complexity index is 667. The van der Waals surface area contributed by atoms with E-state index in [1.165, 1.54) is 0 Å². The van der Waals surface area contributed by atoms with E-state index in [1.54, 1.807) is 33.3 Å². The van der Waals surface area contributed by atoms with Gasteiger partial charge in [-0.3, -0.25) is 0 Å². The molecule has 1 heterocycles. The number of rotatable bonds is 7. The molecule has 2 N–H and O–H groups in total. The highest BCUT2D eigenvalue weighted by Crippen LogP contribution is 2.37. The third kappa shape index (κ3) is 3.99. The molecule has 2 aromatic rings. The molecule has 0 amide bonds. The van der Waals surface area contributed by atoms with E-state index in [0.717, 1.165) is 11.3 Å². The Balaban J connectivity index is 2.04. The highest BCUT2D eigenvalue weighted by Gasteiger charge is 2.26. The molecule has 2 rings (SSSR count). The first-order valence-corrected chi connectivity index (χ1v) is 7.66. The van der Waals surface area contributed by atoms with Gasteiger partial charge in [-0.05, 0) is 37.6 Å². The van der Waals surface area contributed by atoms with Crippen LogP contribution >= 0.6 is 11.6 Å². The fourth-order valence-electron chi connectivity index (χ4n) is 2.32. The number of aryl methyl sites for hydroxylation is 1. The fourth-order valence-corrected chi connectivity index (χ4v) is 2.62. The average Bonchev–Trinajstić information content (AvgIpc) is 2.96. The van der Waals surface area contributed by atoms with E-state index < -0.39 is 5.60 Å². The van der Waals surface area contributed by atoms with E-state index in [-0.39, 0.29) is 0 Å². The van der Waals surface area contributed by atoms with Crippen LogP contribution < -0.4 is 14.8 Å². The molecule has 126 valence electrons. The number of nitrogens with one attached hydrogen (secondary N) is 1. The maximum Gasteiger partial charge on any atom is 0.179 e. The molecule has 0 radical (unpaired) electrons. The van der Waals surface area contributed by atoms with Crippen LogP contribution in [0.5, 0.6) is 11.5 Å². The van der Waals surface area contributed by atoms with Gasteiger partial charge in [-0.1, -0.05) is 17.7 Å². The summed E-state index contributed by atoms with van der Waals surface area (Å²) >= 11 is 6.34. The van der Waals surface area contributed by atoms with Crippen molar-refractivity contribution in [1.82, 2.24) is 5.32 Å². The number of ether oxygens (including phenoxy) is 2. The van der Waals surface area contributed by atoms with E-state index in [2.05, 4.69) is 5.32 Å². The molecule has 0 aliphatic heterocycles. The highest BCUT2D eigenvalue weighted by molar-refractivity contribution is 6.33. The monoisotopic (exact) mass is 339 g/mol. The topological polar surface area (TPSA) is 63.9 Å². The van der Waals surface area contributed by atoms with Crippen LogP contribution in [0.3, 0.4) is 0 Å². The minimum Gasteiger partial charge on any atom is -0.493 e. The molecular formula is C17H22ClNO4. The Hall–Kier alpha value is -1.69. The number of benzene rings is 1. The summed E-state index contributed by atoms with van der Waals surface area (Å²) < 4.78 is 16.0. The quantitative estimate of drug-likeness (QED) is 0.810. The molecule has 0 fully saturated rings. The smallest absolute Gasteiger partial charge is 0.179 e. The molecule has 0 aliphatic rings. The molecule has 6 heteroatoms. The van der Waals surface area contributed by atoms with Crippen molar-refractivity contribution >= 4 is 11.6 Å². The van der Waals surface area contributed by atoms with Crippen molar-refractivity contribution in [3.8, 4) is 11.5 Å². The van der Waals surface area contributed by atoms with Gasteiger partial charge in [0, 0.05) is 13.1 Å². The van der Waals surface area contributed by atoms with Crippen LogP contribution in [0.15, 0.2) is 28.7 Å². The normalized spacial score (nSPS) is 13.7. The molecule has 5 nitrogen and oxygen atoms in total. The third-order valence-corrected chi connectivity index (χ3v) is 4.04. The summed E-state index contributed by atoms with van der Waals surface area (Å²) in [6.07, 6.45) is 0. The predicted molar refractivity (Wildman–Crippen MR) is 89.3 cm³/mol. The molecule has 0 saturated heterocycles. The summed E-state index contributed by atoms with van der Waals surface area (Å²) in [6.45, 7) is 4.35. The van der Waals surface area contributed by atoms with Gasteiger partial charge in [0.1, 0.15) is 17.1 Å². The Labute approximate surface area is 141 Å². The highest BCUT2D eigenvalue weighted by atomic mass is 35.5. The van der Waals surface area contributed by atoms with Gasteiger partial charge in [0.15, 0.2) is 11.5 Å². The summed E-state index contributed by atoms with van der Waals surface area (Å²) in [4.78, 5) is 0. The van der Waals surface area contributed by atoms with Crippen LogP contribution in [0.25, 0.3) is 0 Å². The van der Waals surface area contributed by atoms with Crippen molar-refractivity contribution in [3.63, 3.8) is 0 Å². The van der Waals surface area contributed by atoms with Gasteiger partial charge in [-0.25, -0.2) is 0 Å². The van der Waals surface area contributed by atoms with Crippen LogP contribution in [-0.2, 0) is 12.1 Å². The van der Waals surface area contributed by atoms with Crippen molar-refractivity contribution in [1.29, 1.82) is 0 Å². The first-order chi connectivity index (χ1) is 10.9. The SMILES string of the molecule is COc1ccc(CNCC(C)(O)c2ccc(C)o2)c(Cl)c1OC. The summed E-state index contributed by atoms with van der Waals surface area (Å²) in [5.74, 6) is 2.38. The molecule has 0 spiro atoms. The lowest BCUT2D eigenvalue weighted by Gasteiger charge is -2.22. The minimum atomic E-state index is -1.10. The first-order valence-electron chi connectivity index (χ1n) is 7.28. The molecule has 1 aromatic carbocycles. The second kappa shape index (κ2) is 7.25. The Kier molecular flexibility index (Phi) is 5.57. The maximum atomic E-state index is 10.5. The number of halogens is 1. The summed E-state index contributed by atoms with van der Waals surface area (Å²) in [5, 5.41) is 14.2. The molecular weight excluding hydrogens is 318 g/mol. The largest absolute Gasteiger partial charge is 0.493 e. The molecule has 0 saturated carbocycles. The predicted octanol–water partition coefficient (Wildman–Crippen LogP) is 3.26. The van der Waals surface area contributed by atoms with Crippen molar-refractivity contribution < 1.29 is 19.0 Å².